The highest BCUT2D eigenvalue weighted by molar-refractivity contribution is 14.1. The molecule has 4 aromatic heterocycles. The minimum absolute atomic E-state index is 0.389. The molecule has 0 aliphatic heterocycles. The zero-order chi connectivity index (χ0) is 52.6. The second-order valence-electron chi connectivity index (χ2n) is 16.1. The predicted molar refractivity (Wildman–Crippen MR) is 305 cm³/mol. The average molecular weight is 1360 g/mol. The second kappa shape index (κ2) is 20.1. The van der Waals surface area contributed by atoms with Gasteiger partial charge in [0, 0.05) is 87.8 Å². The van der Waals surface area contributed by atoms with Crippen molar-refractivity contribution in [2.75, 3.05) is 0 Å². The van der Waals surface area contributed by atoms with E-state index in [0.717, 1.165) is 55.0 Å². The Morgan fingerprint density at radius 1 is 0.446 bits per heavy atom. The highest BCUT2D eigenvalue weighted by atomic mass is 127. The molecule has 8 aromatic carbocycles. The van der Waals surface area contributed by atoms with Crippen LogP contribution in [0.4, 0.5) is 26.3 Å². The van der Waals surface area contributed by atoms with Gasteiger partial charge in [0.2, 0.25) is 0 Å². The van der Waals surface area contributed by atoms with E-state index in [1.807, 2.05) is 78.9 Å². The first-order valence-corrected chi connectivity index (χ1v) is 29.9. The summed E-state index contributed by atoms with van der Waals surface area (Å²) in [7, 11) is -12.9. The Morgan fingerprint density at radius 2 is 0.824 bits per heavy atom. The van der Waals surface area contributed by atoms with Crippen molar-refractivity contribution >= 4 is 213 Å². The van der Waals surface area contributed by atoms with Gasteiger partial charge in [0.1, 0.15) is 11.5 Å². The minimum Gasteiger partial charge on any atom is -0.423 e. The molecule has 0 atom stereocenters. The Bertz CT molecular complexity index is 4440. The summed E-state index contributed by atoms with van der Waals surface area (Å²) in [5, 5.41) is 25.8. The maximum Gasteiger partial charge on any atom is 0.534 e. The van der Waals surface area contributed by atoms with E-state index in [1.165, 1.54) is 76.5 Å². The quantitative estimate of drug-likeness (QED) is 0.0554. The smallest absolute Gasteiger partial charge is 0.423 e. The molecular formula is C50H26BBr2F6IO8S6. The number of thiophene rings is 4. The van der Waals surface area contributed by atoms with E-state index >= 15 is 0 Å². The lowest BCUT2D eigenvalue weighted by molar-refractivity contribution is -0.0504. The molecule has 12 rings (SSSR count). The largest absolute Gasteiger partial charge is 0.534 e. The summed E-state index contributed by atoms with van der Waals surface area (Å²) in [5.74, 6) is -0.793. The first-order chi connectivity index (χ1) is 34.9. The molecule has 0 spiro atoms. The zero-order valence-electron chi connectivity index (χ0n) is 36.6. The molecule has 0 unspecified atom stereocenters. The summed E-state index contributed by atoms with van der Waals surface area (Å²) in [6.45, 7) is 0. The van der Waals surface area contributed by atoms with Gasteiger partial charge in [0.25, 0.3) is 0 Å². The number of rotatable bonds is 6. The van der Waals surface area contributed by atoms with E-state index in [9.17, 15) is 43.2 Å². The van der Waals surface area contributed by atoms with Gasteiger partial charge in [-0.05, 0) is 161 Å². The van der Waals surface area contributed by atoms with Crippen LogP contribution in [0.15, 0.2) is 155 Å². The van der Waals surface area contributed by atoms with Crippen LogP contribution in [0.3, 0.4) is 0 Å². The second-order valence-corrected chi connectivity index (χ2v) is 26.4. The van der Waals surface area contributed by atoms with Crippen molar-refractivity contribution in [1.82, 2.24) is 0 Å². The van der Waals surface area contributed by atoms with Gasteiger partial charge in [-0.25, -0.2) is 0 Å². The normalized spacial score (nSPS) is 12.5. The molecule has 0 saturated heterocycles. The number of hydrogen-bond acceptors (Lipinski definition) is 12. The molecule has 0 radical (unpaired) electrons. The number of alkyl halides is 6. The van der Waals surface area contributed by atoms with Crippen LogP contribution in [-0.4, -0.2) is 45.0 Å². The van der Waals surface area contributed by atoms with E-state index < -0.39 is 44.1 Å². The summed E-state index contributed by atoms with van der Waals surface area (Å²) in [6.07, 6.45) is 0. The molecule has 4 heterocycles. The van der Waals surface area contributed by atoms with Gasteiger partial charge in [-0.3, -0.25) is 0 Å². The Balaban J connectivity index is 0.000000138. The van der Waals surface area contributed by atoms with Crippen LogP contribution in [0.2, 0.25) is 0 Å². The SMILES string of the molecule is O=S(=O)(Oc1cc(Br)c2sc3ccc(-c4ccc5sc6ccccc6c5c4)cc3c2c1)C(F)(F)F.O=S(=O)(Oc1cc(Br)c2sc3ccc(I)cc3c2c1)C(F)(F)F.OB(O)c1ccc2sc3ccccc3c2c1. The highest BCUT2D eigenvalue weighted by Crippen LogP contribution is 2.45. The lowest BCUT2D eigenvalue weighted by Crippen LogP contribution is -2.29. The van der Waals surface area contributed by atoms with Crippen LogP contribution < -0.4 is 13.8 Å². The Hall–Kier alpha value is -4.61. The highest BCUT2D eigenvalue weighted by Gasteiger charge is 2.49. The fraction of sp³-hybridized carbons (Fsp3) is 0.0400. The van der Waals surface area contributed by atoms with Gasteiger partial charge >= 0.3 is 38.4 Å². The third kappa shape index (κ3) is 10.4. The molecule has 0 amide bonds. The first-order valence-electron chi connectivity index (χ1n) is 21.1. The average Bonchev–Trinajstić information content (AvgIpc) is 4.11. The predicted octanol–water partition coefficient (Wildman–Crippen LogP) is 16.5. The first kappa shape index (κ1) is 52.8. The van der Waals surface area contributed by atoms with Crippen LogP contribution in [0.25, 0.3) is 91.8 Å². The van der Waals surface area contributed by atoms with Crippen LogP contribution in [0, 0.1) is 3.57 Å². The molecule has 0 aliphatic carbocycles. The topological polar surface area (TPSA) is 127 Å². The zero-order valence-corrected chi connectivity index (χ0v) is 46.9. The van der Waals surface area contributed by atoms with E-state index in [4.69, 9.17) is 10.0 Å². The lowest BCUT2D eigenvalue weighted by atomic mass is 9.80. The molecule has 24 heteroatoms. The molecule has 0 aliphatic rings. The van der Waals surface area contributed by atoms with Crippen LogP contribution >= 0.6 is 99.8 Å². The molecule has 0 saturated carbocycles. The fourth-order valence-corrected chi connectivity index (χ4v) is 15.1. The Labute approximate surface area is 462 Å². The number of fused-ring (bicyclic) bond motifs is 12. The van der Waals surface area contributed by atoms with Crippen molar-refractivity contribution in [2.45, 2.75) is 11.0 Å². The van der Waals surface area contributed by atoms with E-state index in [1.54, 1.807) is 28.7 Å². The summed E-state index contributed by atoms with van der Waals surface area (Å²) in [6, 6.07) is 44.9. The van der Waals surface area contributed by atoms with Gasteiger partial charge in [-0.1, -0.05) is 60.7 Å². The fourth-order valence-electron chi connectivity index (χ4n) is 8.03. The maximum atomic E-state index is 12.8. The lowest BCUT2D eigenvalue weighted by Gasteiger charge is -2.10. The third-order valence-corrected chi connectivity index (χ3v) is 20.5. The van der Waals surface area contributed by atoms with E-state index in [-0.39, 0.29) is 5.75 Å². The van der Waals surface area contributed by atoms with Gasteiger partial charge in [0.15, 0.2) is 0 Å². The van der Waals surface area contributed by atoms with Gasteiger partial charge < -0.3 is 18.4 Å². The van der Waals surface area contributed by atoms with Crippen molar-refractivity contribution in [3.8, 4) is 22.6 Å². The number of halogens is 9. The van der Waals surface area contributed by atoms with Crippen molar-refractivity contribution in [3.05, 3.63) is 158 Å². The minimum atomic E-state index is -5.77. The number of benzene rings is 8. The van der Waals surface area contributed by atoms with Crippen molar-refractivity contribution < 1.29 is 61.6 Å². The molecule has 2 N–H and O–H groups in total. The summed E-state index contributed by atoms with van der Waals surface area (Å²) in [4.78, 5) is 0. The van der Waals surface area contributed by atoms with Crippen LogP contribution in [-0.2, 0) is 20.2 Å². The van der Waals surface area contributed by atoms with Crippen LogP contribution in [0.5, 0.6) is 11.5 Å². The third-order valence-electron chi connectivity index (χ3n) is 11.3. The molecule has 0 bridgehead atoms. The van der Waals surface area contributed by atoms with Crippen molar-refractivity contribution in [2.24, 2.45) is 0 Å². The van der Waals surface area contributed by atoms with Gasteiger partial charge in [-0.2, -0.15) is 43.2 Å². The molecule has 8 nitrogen and oxygen atoms in total. The number of hydrogen-bond donors (Lipinski definition) is 2. The molecular weight excluding hydrogens is 1330 g/mol. The molecule has 376 valence electrons. The Morgan fingerprint density at radius 3 is 1.28 bits per heavy atom. The van der Waals surface area contributed by atoms with Crippen LogP contribution in [0.1, 0.15) is 0 Å². The molecule has 0 fully saturated rings. The summed E-state index contributed by atoms with van der Waals surface area (Å²) >= 11 is 15.1. The monoisotopic (exact) mass is 1360 g/mol. The Kier molecular flexibility index (Phi) is 14.3. The van der Waals surface area contributed by atoms with E-state index in [0.29, 0.717) is 25.2 Å². The summed E-state index contributed by atoms with van der Waals surface area (Å²) < 4.78 is 140. The van der Waals surface area contributed by atoms with Gasteiger partial charge in [-0.15, -0.1) is 45.3 Å². The summed E-state index contributed by atoms with van der Waals surface area (Å²) in [5.41, 5.74) is -8.49. The molecule has 12 aromatic rings. The van der Waals surface area contributed by atoms with E-state index in [2.05, 4.69) is 99.2 Å². The van der Waals surface area contributed by atoms with Gasteiger partial charge in [0.05, 0.1) is 0 Å². The van der Waals surface area contributed by atoms with Crippen molar-refractivity contribution in [1.29, 1.82) is 0 Å². The van der Waals surface area contributed by atoms with Crippen molar-refractivity contribution in [3.63, 3.8) is 0 Å². The molecule has 74 heavy (non-hydrogen) atoms. The maximum absolute atomic E-state index is 12.8. The standard InChI is InChI=1S/C25H12BrF3O3S3.C13H5BrF3IO3S2.C12H9BO2S/c26-20-12-15(32-35(30,31)25(27,28)29)11-19-18-10-14(6-8-23(18)34-24(19)20)13-5-7-22-17(9-13)16-3-1-2-4-21(16)33-22;14-10-5-7(21-23(19,20)13(15,16)17)4-9-8-3-6(18)1-2-11(8)22-12(9)10;14-13(15)8-5-6-12-10(7-8)9-3-1-2-4-11(9)16-12/h1-12H;1-5H;1-7,14-15H.